The molecule has 0 amide bonds. The van der Waals surface area contributed by atoms with Crippen LogP contribution >= 0.6 is 22.7 Å². The topological polar surface area (TPSA) is 51.6 Å². The second-order valence-electron chi connectivity index (χ2n) is 8.93. The first-order chi connectivity index (χ1) is 15.7. The quantitative estimate of drug-likeness (QED) is 0.238. The van der Waals surface area contributed by atoms with Crippen molar-refractivity contribution in [3.63, 3.8) is 0 Å². The lowest BCUT2D eigenvalue weighted by molar-refractivity contribution is 0.449. The van der Waals surface area contributed by atoms with E-state index in [9.17, 15) is 0 Å². The molecule has 0 N–H and O–H groups in total. The van der Waals surface area contributed by atoms with E-state index in [4.69, 9.17) is 0 Å². The van der Waals surface area contributed by atoms with Gasteiger partial charge in [-0.2, -0.15) is 0 Å². The molecular formula is C26H38N4S2. The minimum atomic E-state index is 0.633. The Bertz CT molecular complexity index is 841. The van der Waals surface area contributed by atoms with Crippen LogP contribution in [0.5, 0.6) is 0 Å². The summed E-state index contributed by atoms with van der Waals surface area (Å²) in [6.07, 6.45) is 12.5. The van der Waals surface area contributed by atoms with Gasteiger partial charge in [0.05, 0.1) is 9.75 Å². The molecular weight excluding hydrogens is 432 g/mol. The van der Waals surface area contributed by atoms with E-state index < -0.39 is 0 Å². The van der Waals surface area contributed by atoms with Crippen molar-refractivity contribution in [3.8, 4) is 21.4 Å². The molecule has 0 bridgehead atoms. The molecule has 0 aromatic carbocycles. The number of aromatic nitrogens is 4. The van der Waals surface area contributed by atoms with E-state index >= 15 is 0 Å². The van der Waals surface area contributed by atoms with Crippen LogP contribution in [0.3, 0.4) is 0 Å². The van der Waals surface area contributed by atoms with Crippen molar-refractivity contribution in [2.24, 2.45) is 11.8 Å². The minimum Gasteiger partial charge on any atom is -0.140 e. The van der Waals surface area contributed by atoms with Crippen LogP contribution < -0.4 is 0 Å². The molecule has 0 fully saturated rings. The molecule has 3 aromatic heterocycles. The summed E-state index contributed by atoms with van der Waals surface area (Å²) in [6, 6.07) is 4.45. The summed E-state index contributed by atoms with van der Waals surface area (Å²) in [4.78, 5) is 2.12. The molecule has 0 aliphatic rings. The van der Waals surface area contributed by atoms with Crippen LogP contribution in [-0.2, 0) is 12.8 Å². The molecule has 3 aromatic rings. The fourth-order valence-corrected chi connectivity index (χ4v) is 5.88. The van der Waals surface area contributed by atoms with E-state index in [1.165, 1.54) is 62.5 Å². The summed E-state index contributed by atoms with van der Waals surface area (Å²) in [5.41, 5.74) is 2.77. The van der Waals surface area contributed by atoms with Gasteiger partial charge in [0.15, 0.2) is 0 Å². The Morgan fingerprint density at radius 2 is 1.06 bits per heavy atom. The van der Waals surface area contributed by atoms with Crippen LogP contribution in [0.2, 0.25) is 0 Å². The highest BCUT2D eigenvalue weighted by atomic mass is 32.1. The van der Waals surface area contributed by atoms with Crippen molar-refractivity contribution in [2.75, 3.05) is 0 Å². The van der Waals surface area contributed by atoms with E-state index in [0.29, 0.717) is 11.6 Å². The van der Waals surface area contributed by atoms with E-state index in [0.717, 1.165) is 34.4 Å². The Balaban J connectivity index is 1.62. The van der Waals surface area contributed by atoms with Gasteiger partial charge in [0.25, 0.3) is 0 Å². The van der Waals surface area contributed by atoms with Crippen molar-refractivity contribution >= 4 is 22.7 Å². The van der Waals surface area contributed by atoms with Gasteiger partial charge in [0.2, 0.25) is 11.6 Å². The molecule has 0 saturated heterocycles. The first-order valence-corrected chi connectivity index (χ1v) is 14.2. The predicted octanol–water partition coefficient (Wildman–Crippen LogP) is 8.24. The highest BCUT2D eigenvalue weighted by molar-refractivity contribution is 7.13. The number of thiophene rings is 2. The monoisotopic (exact) mass is 470 g/mol. The SMILES string of the molecule is CCCCC(CC)Cc1csc(-c2nnc(-c3cc(CC(CC)CCCC)cs3)nn2)c1. The van der Waals surface area contributed by atoms with E-state index in [1.54, 1.807) is 22.7 Å². The molecule has 3 rings (SSSR count). The number of nitrogens with zero attached hydrogens (tertiary/aromatic N) is 4. The molecule has 0 aliphatic carbocycles. The standard InChI is InChI=1S/C26H38N4S2/c1-5-9-11-19(7-3)13-21-15-23(31-17-21)25-27-29-26(30-28-25)24-16-22(18-32-24)14-20(8-4)12-10-6-2/h15-20H,5-14H2,1-4H3. The maximum atomic E-state index is 4.41. The molecule has 32 heavy (non-hydrogen) atoms. The summed E-state index contributed by atoms with van der Waals surface area (Å²) in [6.45, 7) is 9.13. The Morgan fingerprint density at radius 1 is 0.656 bits per heavy atom. The van der Waals surface area contributed by atoms with Gasteiger partial charge in [0, 0.05) is 0 Å². The normalized spacial score (nSPS) is 13.4. The molecule has 0 aliphatic heterocycles. The third-order valence-electron chi connectivity index (χ3n) is 6.36. The lowest BCUT2D eigenvalue weighted by Crippen LogP contribution is -2.02. The summed E-state index contributed by atoms with van der Waals surface area (Å²) >= 11 is 3.40. The lowest BCUT2D eigenvalue weighted by atomic mass is 9.93. The predicted molar refractivity (Wildman–Crippen MR) is 138 cm³/mol. The van der Waals surface area contributed by atoms with Gasteiger partial charge in [-0.3, -0.25) is 0 Å². The van der Waals surface area contributed by atoms with Crippen LogP contribution in [0.4, 0.5) is 0 Å². The number of unbranched alkanes of at least 4 members (excludes halogenated alkanes) is 2. The molecule has 0 saturated carbocycles. The first-order valence-electron chi connectivity index (χ1n) is 12.4. The summed E-state index contributed by atoms with van der Waals surface area (Å²) in [5, 5.41) is 22.1. The first kappa shape index (κ1) is 25.0. The van der Waals surface area contributed by atoms with Crippen molar-refractivity contribution in [2.45, 2.75) is 91.9 Å². The molecule has 6 heteroatoms. The third kappa shape index (κ3) is 7.17. The van der Waals surface area contributed by atoms with Gasteiger partial charge >= 0.3 is 0 Å². The molecule has 0 radical (unpaired) electrons. The number of hydrogen-bond donors (Lipinski definition) is 0. The van der Waals surface area contributed by atoms with Gasteiger partial charge < -0.3 is 0 Å². The van der Waals surface area contributed by atoms with Gasteiger partial charge in [-0.25, -0.2) is 0 Å². The summed E-state index contributed by atoms with van der Waals surface area (Å²) < 4.78 is 0. The molecule has 2 unspecified atom stereocenters. The van der Waals surface area contributed by atoms with E-state index in [-0.39, 0.29) is 0 Å². The zero-order valence-electron chi connectivity index (χ0n) is 20.1. The lowest BCUT2D eigenvalue weighted by Gasteiger charge is -2.12. The van der Waals surface area contributed by atoms with Crippen molar-refractivity contribution in [3.05, 3.63) is 34.0 Å². The molecule has 0 spiro atoms. The zero-order valence-corrected chi connectivity index (χ0v) is 21.8. The smallest absolute Gasteiger partial charge is 0.140 e. The Kier molecular flexibility index (Phi) is 10.3. The maximum absolute atomic E-state index is 4.41. The fourth-order valence-electron chi connectivity index (χ4n) is 4.18. The Labute approximate surface area is 201 Å². The highest BCUT2D eigenvalue weighted by Gasteiger charge is 2.14. The van der Waals surface area contributed by atoms with Crippen LogP contribution in [0, 0.1) is 11.8 Å². The maximum Gasteiger partial charge on any atom is 0.213 e. The zero-order chi connectivity index (χ0) is 22.8. The highest BCUT2D eigenvalue weighted by Crippen LogP contribution is 2.29. The second kappa shape index (κ2) is 13.1. The summed E-state index contributed by atoms with van der Waals surface area (Å²) in [7, 11) is 0. The molecule has 4 nitrogen and oxygen atoms in total. The van der Waals surface area contributed by atoms with Gasteiger partial charge in [-0.05, 0) is 58.7 Å². The van der Waals surface area contributed by atoms with Crippen LogP contribution in [0.15, 0.2) is 22.9 Å². The van der Waals surface area contributed by atoms with Crippen molar-refractivity contribution in [1.29, 1.82) is 0 Å². The Morgan fingerprint density at radius 3 is 1.41 bits per heavy atom. The van der Waals surface area contributed by atoms with E-state index in [1.807, 2.05) is 0 Å². The number of rotatable bonds is 14. The summed E-state index contributed by atoms with van der Waals surface area (Å²) in [5.74, 6) is 2.79. The second-order valence-corrected chi connectivity index (χ2v) is 10.7. The van der Waals surface area contributed by atoms with Gasteiger partial charge in [-0.1, -0.05) is 79.1 Å². The largest absolute Gasteiger partial charge is 0.213 e. The number of hydrogen-bond acceptors (Lipinski definition) is 6. The van der Waals surface area contributed by atoms with Crippen molar-refractivity contribution < 1.29 is 0 Å². The van der Waals surface area contributed by atoms with Gasteiger partial charge in [0.1, 0.15) is 0 Å². The van der Waals surface area contributed by atoms with E-state index in [2.05, 4.69) is 71.0 Å². The Hall–Kier alpha value is -1.66. The van der Waals surface area contributed by atoms with Crippen molar-refractivity contribution in [1.82, 2.24) is 20.4 Å². The minimum absolute atomic E-state index is 0.633. The van der Waals surface area contributed by atoms with Crippen LogP contribution in [-0.4, -0.2) is 20.4 Å². The molecule has 3 heterocycles. The average Bonchev–Trinajstić information content (AvgIpc) is 3.49. The van der Waals surface area contributed by atoms with Crippen LogP contribution in [0.25, 0.3) is 21.4 Å². The average molecular weight is 471 g/mol. The third-order valence-corrected chi connectivity index (χ3v) is 8.31. The molecule has 174 valence electrons. The fraction of sp³-hybridized carbons (Fsp3) is 0.615. The van der Waals surface area contributed by atoms with Crippen LogP contribution in [0.1, 0.15) is 90.2 Å². The van der Waals surface area contributed by atoms with Gasteiger partial charge in [-0.15, -0.1) is 43.1 Å². The molecule has 2 atom stereocenters.